The zero-order valence-corrected chi connectivity index (χ0v) is 11.0. The van der Waals surface area contributed by atoms with Crippen molar-refractivity contribution in [2.24, 2.45) is 5.73 Å². The van der Waals surface area contributed by atoms with Crippen molar-refractivity contribution in [2.75, 3.05) is 0 Å². The fraction of sp³-hybridized carbons (Fsp3) is 0.385. The number of hydrogen-bond acceptors (Lipinski definition) is 3. The molecule has 0 bridgehead atoms. The molecule has 2 amide bonds. The SMILES string of the molecule is CC.CC(NC(=O)OCc1ccccc1)C(N)=O. The number of benzene rings is 1. The van der Waals surface area contributed by atoms with E-state index in [1.165, 1.54) is 6.92 Å². The van der Waals surface area contributed by atoms with Crippen LogP contribution in [0.4, 0.5) is 4.79 Å². The van der Waals surface area contributed by atoms with E-state index < -0.39 is 18.0 Å². The Balaban J connectivity index is 0.00000137. The lowest BCUT2D eigenvalue weighted by Gasteiger charge is -2.10. The fourth-order valence-electron chi connectivity index (χ4n) is 1.01. The Kier molecular flexibility index (Phi) is 8.01. The van der Waals surface area contributed by atoms with Crippen LogP contribution in [-0.2, 0) is 16.1 Å². The molecule has 0 heterocycles. The van der Waals surface area contributed by atoms with E-state index in [1.807, 2.05) is 44.2 Å². The molecule has 5 nitrogen and oxygen atoms in total. The van der Waals surface area contributed by atoms with Crippen LogP contribution in [0.3, 0.4) is 0 Å². The highest BCUT2D eigenvalue weighted by atomic mass is 16.5. The summed E-state index contributed by atoms with van der Waals surface area (Å²) in [4.78, 5) is 21.9. The molecule has 0 saturated carbocycles. The topological polar surface area (TPSA) is 81.4 Å². The van der Waals surface area contributed by atoms with Crippen molar-refractivity contribution in [3.8, 4) is 0 Å². The first-order valence-corrected chi connectivity index (χ1v) is 5.86. The van der Waals surface area contributed by atoms with E-state index in [0.29, 0.717) is 0 Å². The zero-order valence-electron chi connectivity index (χ0n) is 11.0. The zero-order chi connectivity index (χ0) is 14.0. The maximum absolute atomic E-state index is 11.2. The summed E-state index contributed by atoms with van der Waals surface area (Å²) in [5.41, 5.74) is 5.86. The van der Waals surface area contributed by atoms with Gasteiger partial charge in [0.15, 0.2) is 0 Å². The predicted molar refractivity (Wildman–Crippen MR) is 69.8 cm³/mol. The number of nitrogens with two attached hydrogens (primary N) is 1. The number of rotatable bonds is 4. The van der Waals surface area contributed by atoms with Crippen LogP contribution in [0.5, 0.6) is 0 Å². The number of alkyl carbamates (subject to hydrolysis) is 1. The molecule has 1 rings (SSSR count). The van der Waals surface area contributed by atoms with Crippen molar-refractivity contribution < 1.29 is 14.3 Å². The Morgan fingerprint density at radius 2 is 1.83 bits per heavy atom. The summed E-state index contributed by atoms with van der Waals surface area (Å²) in [6.45, 7) is 5.66. The molecule has 3 N–H and O–H groups in total. The summed E-state index contributed by atoms with van der Waals surface area (Å²) in [7, 11) is 0. The molecule has 1 unspecified atom stereocenters. The van der Waals surface area contributed by atoms with Gasteiger partial charge >= 0.3 is 6.09 Å². The maximum atomic E-state index is 11.2. The van der Waals surface area contributed by atoms with E-state index in [4.69, 9.17) is 10.5 Å². The molecule has 0 fully saturated rings. The lowest BCUT2D eigenvalue weighted by molar-refractivity contribution is -0.119. The number of ether oxygens (including phenoxy) is 1. The Hall–Kier alpha value is -2.04. The average Bonchev–Trinajstić information content (AvgIpc) is 2.40. The van der Waals surface area contributed by atoms with Crippen molar-refractivity contribution in [2.45, 2.75) is 33.4 Å². The van der Waals surface area contributed by atoms with Gasteiger partial charge in [0.05, 0.1) is 0 Å². The van der Waals surface area contributed by atoms with Gasteiger partial charge in [-0.2, -0.15) is 0 Å². The molecular formula is C13H20N2O3. The largest absolute Gasteiger partial charge is 0.445 e. The highest BCUT2D eigenvalue weighted by Gasteiger charge is 2.12. The molecular weight excluding hydrogens is 232 g/mol. The summed E-state index contributed by atoms with van der Waals surface area (Å²) in [6, 6.07) is 8.52. The average molecular weight is 252 g/mol. The van der Waals surface area contributed by atoms with Crippen LogP contribution in [0.25, 0.3) is 0 Å². The van der Waals surface area contributed by atoms with E-state index in [-0.39, 0.29) is 6.61 Å². The molecule has 0 spiro atoms. The normalized spacial score (nSPS) is 10.6. The van der Waals surface area contributed by atoms with Gasteiger partial charge in [-0.1, -0.05) is 44.2 Å². The van der Waals surface area contributed by atoms with E-state index in [0.717, 1.165) is 5.56 Å². The van der Waals surface area contributed by atoms with Gasteiger partial charge in [-0.3, -0.25) is 4.79 Å². The minimum atomic E-state index is -0.733. The van der Waals surface area contributed by atoms with Crippen LogP contribution < -0.4 is 11.1 Å². The predicted octanol–water partition coefficient (Wildman–Crippen LogP) is 1.81. The van der Waals surface area contributed by atoms with Crippen molar-refractivity contribution >= 4 is 12.0 Å². The molecule has 0 aromatic heterocycles. The third-order valence-electron chi connectivity index (χ3n) is 1.97. The molecule has 1 atom stereocenters. The first kappa shape index (κ1) is 16.0. The van der Waals surface area contributed by atoms with Crippen LogP contribution in [0.15, 0.2) is 30.3 Å². The highest BCUT2D eigenvalue weighted by molar-refractivity contribution is 5.83. The van der Waals surface area contributed by atoms with E-state index in [1.54, 1.807) is 0 Å². The van der Waals surface area contributed by atoms with E-state index in [9.17, 15) is 9.59 Å². The molecule has 5 heteroatoms. The van der Waals surface area contributed by atoms with Gasteiger partial charge in [-0.05, 0) is 12.5 Å². The maximum Gasteiger partial charge on any atom is 0.408 e. The quantitative estimate of drug-likeness (QED) is 0.857. The van der Waals surface area contributed by atoms with Crippen LogP contribution in [0.2, 0.25) is 0 Å². The Morgan fingerprint density at radius 3 is 2.33 bits per heavy atom. The second kappa shape index (κ2) is 9.04. The standard InChI is InChI=1S/C11H14N2O3.C2H6/c1-8(10(12)14)13-11(15)16-7-9-5-3-2-4-6-9;1-2/h2-6,8H,7H2,1H3,(H2,12,14)(H,13,15);1-2H3. The van der Waals surface area contributed by atoms with Gasteiger partial charge in [-0.15, -0.1) is 0 Å². The fourth-order valence-corrected chi connectivity index (χ4v) is 1.01. The number of amides is 2. The van der Waals surface area contributed by atoms with E-state index in [2.05, 4.69) is 5.32 Å². The summed E-state index contributed by atoms with van der Waals surface area (Å²) < 4.78 is 4.89. The van der Waals surface area contributed by atoms with Gasteiger partial charge in [-0.25, -0.2) is 4.79 Å². The summed E-state index contributed by atoms with van der Waals surface area (Å²) >= 11 is 0. The van der Waals surface area contributed by atoms with Crippen molar-refractivity contribution in [1.82, 2.24) is 5.32 Å². The first-order valence-electron chi connectivity index (χ1n) is 5.86. The Bertz CT molecular complexity index is 366. The molecule has 1 aromatic rings. The molecule has 0 radical (unpaired) electrons. The van der Waals surface area contributed by atoms with Crippen molar-refractivity contribution in [3.63, 3.8) is 0 Å². The number of hydrogen-bond donors (Lipinski definition) is 2. The van der Waals surface area contributed by atoms with Gasteiger partial charge in [0.2, 0.25) is 5.91 Å². The first-order chi connectivity index (χ1) is 8.59. The lowest BCUT2D eigenvalue weighted by atomic mass is 10.2. The minimum Gasteiger partial charge on any atom is -0.445 e. The second-order valence-corrected chi connectivity index (χ2v) is 3.33. The molecule has 0 aliphatic rings. The van der Waals surface area contributed by atoms with Crippen LogP contribution in [0.1, 0.15) is 26.3 Å². The van der Waals surface area contributed by atoms with Crippen LogP contribution in [-0.4, -0.2) is 18.0 Å². The van der Waals surface area contributed by atoms with E-state index >= 15 is 0 Å². The molecule has 0 saturated heterocycles. The summed E-state index contributed by atoms with van der Waals surface area (Å²) in [6.07, 6.45) is -0.657. The third kappa shape index (κ3) is 6.52. The number of carbonyl (C=O) groups excluding carboxylic acids is 2. The van der Waals surface area contributed by atoms with Gasteiger partial charge in [0, 0.05) is 0 Å². The lowest BCUT2D eigenvalue weighted by Crippen LogP contribution is -2.42. The Labute approximate surface area is 107 Å². The van der Waals surface area contributed by atoms with Gasteiger partial charge < -0.3 is 15.8 Å². The minimum absolute atomic E-state index is 0.165. The van der Waals surface area contributed by atoms with Crippen molar-refractivity contribution in [3.05, 3.63) is 35.9 Å². The monoisotopic (exact) mass is 252 g/mol. The van der Waals surface area contributed by atoms with Crippen LogP contribution >= 0.6 is 0 Å². The molecule has 0 aliphatic carbocycles. The number of carbonyl (C=O) groups is 2. The van der Waals surface area contributed by atoms with Crippen molar-refractivity contribution in [1.29, 1.82) is 0 Å². The summed E-state index contributed by atoms with van der Waals surface area (Å²) in [5, 5.41) is 2.31. The smallest absolute Gasteiger partial charge is 0.408 e. The highest BCUT2D eigenvalue weighted by Crippen LogP contribution is 2.00. The third-order valence-corrected chi connectivity index (χ3v) is 1.97. The van der Waals surface area contributed by atoms with Gasteiger partial charge in [0.25, 0.3) is 0 Å². The van der Waals surface area contributed by atoms with Crippen LogP contribution in [0, 0.1) is 0 Å². The number of primary amides is 1. The number of nitrogens with one attached hydrogen (secondary N) is 1. The second-order valence-electron chi connectivity index (χ2n) is 3.33. The molecule has 100 valence electrons. The molecule has 1 aromatic carbocycles. The van der Waals surface area contributed by atoms with Gasteiger partial charge in [0.1, 0.15) is 12.6 Å². The Morgan fingerprint density at radius 1 is 1.28 bits per heavy atom. The molecule has 0 aliphatic heterocycles. The summed E-state index contributed by atoms with van der Waals surface area (Å²) in [5.74, 6) is -0.600. The molecule has 18 heavy (non-hydrogen) atoms.